The molecule has 0 fully saturated rings. The van der Waals surface area contributed by atoms with Gasteiger partial charge in [-0.05, 0) is 18.2 Å². The van der Waals surface area contributed by atoms with Crippen LogP contribution in [0.3, 0.4) is 0 Å². The van der Waals surface area contributed by atoms with Gasteiger partial charge in [0.05, 0.1) is 11.1 Å². The summed E-state index contributed by atoms with van der Waals surface area (Å²) in [6.07, 6.45) is -8.73. The summed E-state index contributed by atoms with van der Waals surface area (Å²) in [6, 6.07) is 1.18. The number of alkyl halides is 6. The number of halogens is 7. The molecule has 0 heterocycles. The van der Waals surface area contributed by atoms with Crippen LogP contribution in [0.1, 0.15) is 30.0 Å². The molecular weight excluding hydrogens is 300 g/mol. The zero-order chi connectivity index (χ0) is 16.5. The fraction of sp³-hybridized carbons (Fsp3) is 0.385. The van der Waals surface area contributed by atoms with Gasteiger partial charge >= 0.3 is 12.4 Å². The maximum atomic E-state index is 13.3. The Balaban J connectivity index is 3.63. The summed E-state index contributed by atoms with van der Waals surface area (Å²) < 4.78 is 89.9. The van der Waals surface area contributed by atoms with Gasteiger partial charge in [0.15, 0.2) is 0 Å². The molecule has 0 saturated heterocycles. The predicted molar refractivity (Wildman–Crippen MR) is 68.3 cm³/mol. The smallest absolute Gasteiger partial charge is 0.416 e. The van der Waals surface area contributed by atoms with Crippen LogP contribution in [0, 0.1) is 0 Å². The Bertz CT molecular complexity index is 480. The molecule has 1 unspecified atom stereocenters. The van der Waals surface area contributed by atoms with E-state index in [0.29, 0.717) is 12.1 Å². The molecule has 0 bridgehead atoms. The van der Waals surface area contributed by atoms with Crippen LogP contribution in [-0.4, -0.2) is 7.56 Å². The molecule has 0 aliphatic carbocycles. The first-order chi connectivity index (χ1) is 9.50. The van der Waals surface area contributed by atoms with Crippen LogP contribution < -0.4 is 0 Å². The normalized spacial score (nSPS) is 15.6. The van der Waals surface area contributed by atoms with Crippen molar-refractivity contribution in [2.45, 2.75) is 31.0 Å². The van der Waals surface area contributed by atoms with Crippen molar-refractivity contribution in [3.63, 3.8) is 0 Å². The van der Waals surface area contributed by atoms with Crippen LogP contribution in [0.2, 0.25) is 0 Å². The molecule has 0 nitrogen and oxygen atoms in total. The summed E-state index contributed by atoms with van der Waals surface area (Å²) in [6.45, 7) is 4.86. The summed E-state index contributed by atoms with van der Waals surface area (Å²) in [4.78, 5) is 0. The quantitative estimate of drug-likeness (QED) is 0.434. The Kier molecular flexibility index (Phi) is 4.80. The van der Waals surface area contributed by atoms with Crippen molar-refractivity contribution in [3.8, 4) is 0 Å². The molecule has 0 radical (unpaired) electrons. The average molecular weight is 313 g/mol. The van der Waals surface area contributed by atoms with E-state index in [1.165, 1.54) is 6.92 Å². The molecule has 0 N–H and O–H groups in total. The number of benzene rings is 1. The first kappa shape index (κ1) is 17.6. The van der Waals surface area contributed by atoms with Crippen molar-refractivity contribution in [1.29, 1.82) is 0 Å². The molecule has 0 aromatic heterocycles. The Morgan fingerprint density at radius 3 is 1.57 bits per heavy atom. The lowest BCUT2D eigenvalue weighted by atomic mass is 9.59. The molecule has 1 atom stereocenters. The van der Waals surface area contributed by atoms with Crippen molar-refractivity contribution in [3.05, 3.63) is 47.5 Å². The first-order valence-electron chi connectivity index (χ1n) is 6.25. The average Bonchev–Trinajstić information content (AvgIpc) is 2.39. The molecule has 0 amide bonds. The molecule has 0 aliphatic heterocycles. The minimum atomic E-state index is -4.94. The molecule has 1 aromatic carbocycles. The van der Waals surface area contributed by atoms with Crippen LogP contribution in [0.25, 0.3) is 0 Å². The minimum Gasteiger partial charge on any atom is -0.525 e. The Morgan fingerprint density at radius 1 is 0.952 bits per heavy atom. The summed E-state index contributed by atoms with van der Waals surface area (Å²) >= 11 is 0. The minimum absolute atomic E-state index is 0.0330. The van der Waals surface area contributed by atoms with Crippen molar-refractivity contribution >= 4 is 7.56 Å². The summed E-state index contributed by atoms with van der Waals surface area (Å²) in [5.74, 6) is 0. The zero-order valence-corrected chi connectivity index (χ0v) is 11.4. The van der Waals surface area contributed by atoms with E-state index in [4.69, 9.17) is 0 Å². The lowest BCUT2D eigenvalue weighted by Gasteiger charge is -2.33. The first-order valence-corrected chi connectivity index (χ1v) is 6.25. The standard InChI is InChI=1S/C13H13BF7/c1-3-11(4-2,14-21)8-5-9(12(15,16)17)7-10(6-8)13(18,19)20/h3,5-7H,1,4,14H2,2H3/q-1. The van der Waals surface area contributed by atoms with E-state index >= 15 is 0 Å². The third-order valence-corrected chi connectivity index (χ3v) is 3.77. The van der Waals surface area contributed by atoms with Gasteiger partial charge in [0, 0.05) is 0 Å². The second-order valence-electron chi connectivity index (χ2n) is 4.96. The monoisotopic (exact) mass is 313 g/mol. The van der Waals surface area contributed by atoms with E-state index in [0.717, 1.165) is 6.08 Å². The Hall–Kier alpha value is -1.47. The van der Waals surface area contributed by atoms with Crippen LogP contribution in [0.5, 0.6) is 0 Å². The predicted octanol–water partition coefficient (Wildman–Crippen LogP) is 4.57. The number of hydrogen-bond donors (Lipinski definition) is 0. The van der Waals surface area contributed by atoms with Gasteiger partial charge in [-0.25, -0.2) is 0 Å². The fourth-order valence-electron chi connectivity index (χ4n) is 2.07. The lowest BCUT2D eigenvalue weighted by molar-refractivity contribution is -0.143. The summed E-state index contributed by atoms with van der Waals surface area (Å²) in [5, 5.41) is -1.44. The Morgan fingerprint density at radius 2 is 1.33 bits per heavy atom. The highest BCUT2D eigenvalue weighted by molar-refractivity contribution is 6.32. The highest BCUT2D eigenvalue weighted by atomic mass is 19.4. The van der Waals surface area contributed by atoms with Gasteiger partial charge in [0.1, 0.15) is 7.56 Å². The fourth-order valence-corrected chi connectivity index (χ4v) is 2.07. The van der Waals surface area contributed by atoms with Crippen LogP contribution in [0.4, 0.5) is 30.7 Å². The van der Waals surface area contributed by atoms with E-state index in [1.54, 1.807) is 0 Å². The van der Waals surface area contributed by atoms with Crippen LogP contribution >= 0.6 is 0 Å². The molecular formula is C13H13BF7-. The highest BCUT2D eigenvalue weighted by Gasteiger charge is 2.38. The summed E-state index contributed by atoms with van der Waals surface area (Å²) in [7, 11) is -2.32. The maximum Gasteiger partial charge on any atom is 0.416 e. The van der Waals surface area contributed by atoms with E-state index < -0.39 is 36.4 Å². The third-order valence-electron chi connectivity index (χ3n) is 3.77. The molecule has 0 aliphatic rings. The SMILES string of the molecule is C=CC([BH2-]F)(CC)c1cc(C(F)(F)F)cc(C(F)(F)F)c1. The van der Waals surface area contributed by atoms with Crippen molar-refractivity contribution in [2.75, 3.05) is 0 Å². The molecule has 0 spiro atoms. The zero-order valence-electron chi connectivity index (χ0n) is 11.4. The van der Waals surface area contributed by atoms with Crippen LogP contribution in [-0.2, 0) is 17.7 Å². The highest BCUT2D eigenvalue weighted by Crippen LogP contribution is 2.40. The van der Waals surface area contributed by atoms with E-state index in [2.05, 4.69) is 6.58 Å². The molecule has 8 heteroatoms. The van der Waals surface area contributed by atoms with Crippen molar-refractivity contribution in [2.24, 2.45) is 0 Å². The maximum absolute atomic E-state index is 13.3. The number of allylic oxidation sites excluding steroid dienone is 1. The summed E-state index contributed by atoms with van der Waals surface area (Å²) in [5.41, 5.74) is -3.20. The molecule has 118 valence electrons. The van der Waals surface area contributed by atoms with Crippen LogP contribution in [0.15, 0.2) is 30.9 Å². The molecule has 0 saturated carbocycles. The van der Waals surface area contributed by atoms with Crippen molar-refractivity contribution in [1.82, 2.24) is 0 Å². The third kappa shape index (κ3) is 3.60. The topological polar surface area (TPSA) is 0 Å². The number of hydrogen-bond acceptors (Lipinski definition) is 0. The number of rotatable bonds is 4. The van der Waals surface area contributed by atoms with Gasteiger partial charge < -0.3 is 4.32 Å². The molecule has 1 rings (SSSR count). The lowest BCUT2D eigenvalue weighted by Crippen LogP contribution is -2.29. The largest absolute Gasteiger partial charge is 0.525 e. The van der Waals surface area contributed by atoms with Gasteiger partial charge in [-0.2, -0.15) is 26.3 Å². The van der Waals surface area contributed by atoms with Crippen molar-refractivity contribution < 1.29 is 30.7 Å². The van der Waals surface area contributed by atoms with Gasteiger partial charge in [-0.3, -0.25) is 0 Å². The second-order valence-corrected chi connectivity index (χ2v) is 4.96. The Labute approximate surface area is 117 Å². The second kappa shape index (κ2) is 5.73. The van der Waals surface area contributed by atoms with Gasteiger partial charge in [0.2, 0.25) is 0 Å². The molecule has 1 aromatic rings. The van der Waals surface area contributed by atoms with E-state index in [1.807, 2.05) is 0 Å². The van der Waals surface area contributed by atoms with E-state index in [9.17, 15) is 30.7 Å². The van der Waals surface area contributed by atoms with Gasteiger partial charge in [-0.1, -0.05) is 24.2 Å². The molecule has 21 heavy (non-hydrogen) atoms. The van der Waals surface area contributed by atoms with E-state index in [-0.39, 0.29) is 18.1 Å². The van der Waals surface area contributed by atoms with Gasteiger partial charge in [-0.15, -0.1) is 12.7 Å². The van der Waals surface area contributed by atoms with Gasteiger partial charge in [0.25, 0.3) is 0 Å².